The molecule has 0 fully saturated rings. The van der Waals surface area contributed by atoms with Crippen molar-refractivity contribution in [2.24, 2.45) is 0 Å². The molecule has 0 atom stereocenters. The minimum absolute atomic E-state index is 0.468. The first kappa shape index (κ1) is 14.4. The smallest absolute Gasteiger partial charge is 0.119 e. The summed E-state index contributed by atoms with van der Waals surface area (Å²) in [6.07, 6.45) is 1.86. The lowest BCUT2D eigenvalue weighted by molar-refractivity contribution is -0.556. The first-order chi connectivity index (χ1) is 8.19. The largest absolute Gasteiger partial charge is 0.493 e. The molecule has 0 aliphatic rings. The summed E-state index contributed by atoms with van der Waals surface area (Å²) in [6, 6.07) is 7.53. The molecule has 0 aromatic heterocycles. The quantitative estimate of drug-likeness (QED) is 0.591. The van der Waals surface area contributed by atoms with E-state index in [4.69, 9.17) is 10.1 Å². The zero-order valence-corrected chi connectivity index (χ0v) is 12.7. The monoisotopic (exact) mass is 361 g/mol. The second-order valence-electron chi connectivity index (χ2n) is 3.28. The van der Waals surface area contributed by atoms with Gasteiger partial charge in [-0.25, -0.2) is 0 Å². The van der Waals surface area contributed by atoms with E-state index in [-0.39, 0.29) is 0 Å². The van der Waals surface area contributed by atoms with E-state index >= 15 is 0 Å². The molecule has 0 aliphatic carbocycles. The van der Waals surface area contributed by atoms with Gasteiger partial charge in [0, 0.05) is 10.9 Å². The fraction of sp³-hybridized carbons (Fsp3) is 0.250. The number of ether oxygens (including phenoxy) is 1. The Morgan fingerprint density at radius 1 is 1.41 bits per heavy atom. The Morgan fingerprint density at radius 3 is 2.59 bits per heavy atom. The molecule has 92 valence electrons. The van der Waals surface area contributed by atoms with Gasteiger partial charge in [-0.1, -0.05) is 15.9 Å². The average Bonchev–Trinajstić information content (AvgIpc) is 2.36. The number of allylic oxidation sites excluding steroid dienone is 1. The van der Waals surface area contributed by atoms with Gasteiger partial charge in [0.15, 0.2) is 0 Å². The van der Waals surface area contributed by atoms with Crippen molar-refractivity contribution in [3.8, 4) is 5.75 Å². The molecule has 0 radical (unpaired) electrons. The Morgan fingerprint density at radius 2 is 2.06 bits per heavy atom. The SMILES string of the molecule is C[NH2+]/C=C(/Br)C(=N)c1ccc(OCCBr)cc1. The van der Waals surface area contributed by atoms with Gasteiger partial charge < -0.3 is 10.1 Å². The predicted octanol–water partition coefficient (Wildman–Crippen LogP) is 2.26. The van der Waals surface area contributed by atoms with Crippen molar-refractivity contribution in [2.45, 2.75) is 0 Å². The van der Waals surface area contributed by atoms with Gasteiger partial charge in [-0.15, -0.1) is 0 Å². The van der Waals surface area contributed by atoms with Gasteiger partial charge in [0.05, 0.1) is 23.8 Å². The van der Waals surface area contributed by atoms with E-state index < -0.39 is 0 Å². The van der Waals surface area contributed by atoms with E-state index in [1.165, 1.54) is 0 Å². The molecule has 1 aromatic rings. The molecule has 1 rings (SSSR count). The molecule has 3 nitrogen and oxygen atoms in total. The standard InChI is InChI=1S/C12H14Br2N2O/c1-16-8-11(14)12(15)9-2-4-10(5-3-9)17-7-6-13/h2-5,8,15-16H,6-7H2,1H3/p+1/b11-8+,15-12?. The summed E-state index contributed by atoms with van der Waals surface area (Å²) in [5.74, 6) is 0.822. The van der Waals surface area contributed by atoms with Crippen LogP contribution in [0.15, 0.2) is 34.9 Å². The van der Waals surface area contributed by atoms with E-state index in [9.17, 15) is 0 Å². The molecular weight excluding hydrogens is 348 g/mol. The third kappa shape index (κ3) is 4.61. The molecule has 0 saturated carbocycles. The average molecular weight is 363 g/mol. The highest BCUT2D eigenvalue weighted by atomic mass is 79.9. The highest BCUT2D eigenvalue weighted by Crippen LogP contribution is 2.17. The fourth-order valence-corrected chi connectivity index (χ4v) is 1.90. The number of nitrogens with one attached hydrogen (secondary N) is 1. The summed E-state index contributed by atoms with van der Waals surface area (Å²) in [5, 5.41) is 10.7. The van der Waals surface area contributed by atoms with Crippen molar-refractivity contribution >= 4 is 37.6 Å². The number of nitrogens with two attached hydrogens (primary N) is 1. The number of alkyl halides is 1. The molecule has 0 saturated heterocycles. The van der Waals surface area contributed by atoms with Crippen molar-refractivity contribution in [3.63, 3.8) is 0 Å². The molecule has 0 amide bonds. The molecule has 1 aromatic carbocycles. The lowest BCUT2D eigenvalue weighted by atomic mass is 10.1. The van der Waals surface area contributed by atoms with Crippen LogP contribution in [0, 0.1) is 5.41 Å². The Balaban J connectivity index is 2.73. The van der Waals surface area contributed by atoms with Crippen LogP contribution in [0.25, 0.3) is 0 Å². The summed E-state index contributed by atoms with van der Waals surface area (Å²) in [7, 11) is 1.92. The Labute approximate surface area is 118 Å². The maximum atomic E-state index is 7.96. The number of quaternary nitrogens is 1. The summed E-state index contributed by atoms with van der Waals surface area (Å²) in [4.78, 5) is 0. The molecule has 0 spiro atoms. The van der Waals surface area contributed by atoms with Crippen LogP contribution in [0.1, 0.15) is 5.56 Å². The zero-order valence-electron chi connectivity index (χ0n) is 9.54. The van der Waals surface area contributed by atoms with Crippen LogP contribution in [0.5, 0.6) is 5.75 Å². The minimum Gasteiger partial charge on any atom is -0.493 e. The van der Waals surface area contributed by atoms with Crippen LogP contribution in [-0.2, 0) is 0 Å². The van der Waals surface area contributed by atoms with Crippen LogP contribution in [0.4, 0.5) is 0 Å². The van der Waals surface area contributed by atoms with Crippen LogP contribution in [-0.4, -0.2) is 24.7 Å². The zero-order chi connectivity index (χ0) is 12.7. The van der Waals surface area contributed by atoms with Gasteiger partial charge in [0.2, 0.25) is 0 Å². The van der Waals surface area contributed by atoms with Crippen molar-refractivity contribution in [1.82, 2.24) is 0 Å². The lowest BCUT2D eigenvalue weighted by Gasteiger charge is -2.06. The van der Waals surface area contributed by atoms with E-state index in [2.05, 4.69) is 31.9 Å². The summed E-state index contributed by atoms with van der Waals surface area (Å²) >= 11 is 6.67. The number of halogens is 2. The third-order valence-electron chi connectivity index (χ3n) is 2.04. The second kappa shape index (κ2) is 7.63. The number of rotatable bonds is 6. The van der Waals surface area contributed by atoms with Crippen molar-refractivity contribution in [2.75, 3.05) is 19.0 Å². The second-order valence-corrected chi connectivity index (χ2v) is 4.93. The Hall–Kier alpha value is -0.650. The molecule has 3 N–H and O–H groups in total. The molecule has 0 bridgehead atoms. The highest BCUT2D eigenvalue weighted by Gasteiger charge is 2.06. The predicted molar refractivity (Wildman–Crippen MR) is 77.4 cm³/mol. The van der Waals surface area contributed by atoms with E-state index in [1.54, 1.807) is 0 Å². The van der Waals surface area contributed by atoms with Gasteiger partial charge in [0.25, 0.3) is 0 Å². The molecule has 0 aliphatic heterocycles. The fourth-order valence-electron chi connectivity index (χ4n) is 1.24. The maximum absolute atomic E-state index is 7.96. The maximum Gasteiger partial charge on any atom is 0.119 e. The van der Waals surface area contributed by atoms with Crippen molar-refractivity contribution in [3.05, 3.63) is 40.5 Å². The van der Waals surface area contributed by atoms with E-state index in [0.717, 1.165) is 21.1 Å². The van der Waals surface area contributed by atoms with Crippen LogP contribution >= 0.6 is 31.9 Å². The van der Waals surface area contributed by atoms with Gasteiger partial charge in [-0.2, -0.15) is 0 Å². The van der Waals surface area contributed by atoms with Gasteiger partial charge in [0.1, 0.15) is 11.9 Å². The molecule has 0 heterocycles. The number of hydrogen-bond acceptors (Lipinski definition) is 2. The van der Waals surface area contributed by atoms with Gasteiger partial charge >= 0.3 is 0 Å². The van der Waals surface area contributed by atoms with E-state index in [0.29, 0.717) is 12.3 Å². The molecule has 5 heteroatoms. The van der Waals surface area contributed by atoms with Gasteiger partial charge in [-0.05, 0) is 40.2 Å². The Bertz CT molecular complexity index is 401. The first-order valence-corrected chi connectivity index (χ1v) is 7.13. The molecule has 0 unspecified atom stereocenters. The minimum atomic E-state index is 0.468. The topological polar surface area (TPSA) is 49.7 Å². The number of benzene rings is 1. The third-order valence-corrected chi connectivity index (χ3v) is 3.03. The molecule has 17 heavy (non-hydrogen) atoms. The summed E-state index contributed by atoms with van der Waals surface area (Å²) in [5.41, 5.74) is 1.33. The normalized spacial score (nSPS) is 11.4. The summed E-state index contributed by atoms with van der Waals surface area (Å²) < 4.78 is 6.22. The van der Waals surface area contributed by atoms with Crippen molar-refractivity contribution in [1.29, 1.82) is 5.41 Å². The molecular formula is C12H15Br2N2O+. The summed E-state index contributed by atoms with van der Waals surface area (Å²) in [6.45, 7) is 0.644. The first-order valence-electron chi connectivity index (χ1n) is 5.22. The number of hydrogen-bond donors (Lipinski definition) is 2. The van der Waals surface area contributed by atoms with Gasteiger partial charge in [-0.3, -0.25) is 5.41 Å². The lowest BCUT2D eigenvalue weighted by Crippen LogP contribution is -2.73. The Kier molecular flexibility index (Phi) is 6.47. The van der Waals surface area contributed by atoms with Crippen LogP contribution in [0.3, 0.4) is 0 Å². The highest BCUT2D eigenvalue weighted by molar-refractivity contribution is 9.12. The van der Waals surface area contributed by atoms with Crippen LogP contribution < -0.4 is 10.1 Å². The van der Waals surface area contributed by atoms with E-state index in [1.807, 2.05) is 42.8 Å². The van der Waals surface area contributed by atoms with Crippen LogP contribution in [0.2, 0.25) is 0 Å². The van der Waals surface area contributed by atoms with Crippen molar-refractivity contribution < 1.29 is 10.1 Å².